The van der Waals surface area contributed by atoms with Crippen LogP contribution in [-0.2, 0) is 29.6 Å². The molecule has 11 heteroatoms. The number of para-hydroxylation sites is 1. The highest BCUT2D eigenvalue weighted by Crippen LogP contribution is 2.22. The van der Waals surface area contributed by atoms with Crippen LogP contribution in [0.1, 0.15) is 33.1 Å². The Morgan fingerprint density at radius 3 is 2.29 bits per heavy atom. The number of ether oxygens (including phenoxy) is 1. The van der Waals surface area contributed by atoms with E-state index in [9.17, 15) is 21.6 Å². The zero-order chi connectivity index (χ0) is 24.8. The van der Waals surface area contributed by atoms with Gasteiger partial charge in [-0.15, -0.1) is 0 Å². The summed E-state index contributed by atoms with van der Waals surface area (Å²) in [6.45, 7) is 3.79. The summed E-state index contributed by atoms with van der Waals surface area (Å²) in [5, 5.41) is 2.70. The molecule has 1 saturated heterocycles. The van der Waals surface area contributed by atoms with Crippen molar-refractivity contribution in [2.75, 3.05) is 25.0 Å². The summed E-state index contributed by atoms with van der Waals surface area (Å²) >= 11 is 0. The SMILES string of the molecule is CC[C@H](C)NS(=O)(=O)c1ccc(S(=O)(=O)N(CC(=O)Nc2ccccc2)C[C@H]2CCCO2)cc1. The van der Waals surface area contributed by atoms with E-state index in [2.05, 4.69) is 10.0 Å². The molecule has 1 amide bonds. The molecule has 2 N–H and O–H groups in total. The Balaban J connectivity index is 1.81. The van der Waals surface area contributed by atoms with Gasteiger partial charge in [-0.25, -0.2) is 21.6 Å². The summed E-state index contributed by atoms with van der Waals surface area (Å²) < 4.78 is 61.1. The molecule has 1 fully saturated rings. The maximum absolute atomic E-state index is 13.4. The summed E-state index contributed by atoms with van der Waals surface area (Å²) in [5.41, 5.74) is 0.560. The van der Waals surface area contributed by atoms with Gasteiger partial charge in [-0.2, -0.15) is 4.31 Å². The van der Waals surface area contributed by atoms with Crippen LogP contribution in [0.3, 0.4) is 0 Å². The minimum Gasteiger partial charge on any atom is -0.377 e. The number of carbonyl (C=O) groups excluding carboxylic acids is 1. The highest BCUT2D eigenvalue weighted by molar-refractivity contribution is 7.89. The molecule has 34 heavy (non-hydrogen) atoms. The molecule has 1 aliphatic rings. The van der Waals surface area contributed by atoms with E-state index in [4.69, 9.17) is 4.74 Å². The second-order valence-corrected chi connectivity index (χ2v) is 11.9. The van der Waals surface area contributed by atoms with Gasteiger partial charge < -0.3 is 10.1 Å². The zero-order valence-electron chi connectivity index (χ0n) is 19.3. The maximum atomic E-state index is 13.4. The Bertz CT molecular complexity index is 1160. The molecule has 0 saturated carbocycles. The van der Waals surface area contributed by atoms with Crippen molar-refractivity contribution in [3.63, 3.8) is 0 Å². The van der Waals surface area contributed by atoms with Crippen LogP contribution in [0.25, 0.3) is 0 Å². The number of nitrogens with one attached hydrogen (secondary N) is 2. The average molecular weight is 510 g/mol. The van der Waals surface area contributed by atoms with Gasteiger partial charge in [0.1, 0.15) is 0 Å². The van der Waals surface area contributed by atoms with Gasteiger partial charge in [0.05, 0.1) is 22.4 Å². The average Bonchev–Trinajstić information content (AvgIpc) is 3.32. The van der Waals surface area contributed by atoms with Crippen molar-refractivity contribution in [1.29, 1.82) is 0 Å². The minimum absolute atomic E-state index is 0.0279. The molecule has 186 valence electrons. The first-order valence-corrected chi connectivity index (χ1v) is 14.1. The van der Waals surface area contributed by atoms with Crippen LogP contribution in [0, 0.1) is 0 Å². The molecule has 0 aromatic heterocycles. The fourth-order valence-corrected chi connectivity index (χ4v) is 6.26. The summed E-state index contributed by atoms with van der Waals surface area (Å²) in [4.78, 5) is 12.5. The van der Waals surface area contributed by atoms with E-state index in [-0.39, 0.29) is 28.5 Å². The minimum atomic E-state index is -4.09. The van der Waals surface area contributed by atoms with Crippen molar-refractivity contribution >= 4 is 31.6 Å². The third-order valence-electron chi connectivity index (χ3n) is 5.55. The number of nitrogens with zero attached hydrogens (tertiary/aromatic N) is 1. The fourth-order valence-electron chi connectivity index (χ4n) is 3.50. The molecule has 1 aliphatic heterocycles. The van der Waals surface area contributed by atoms with Crippen molar-refractivity contribution in [3.8, 4) is 0 Å². The Hall–Kier alpha value is -2.31. The van der Waals surface area contributed by atoms with Crippen LogP contribution in [0.5, 0.6) is 0 Å². The van der Waals surface area contributed by atoms with Crippen LogP contribution in [0.15, 0.2) is 64.4 Å². The lowest BCUT2D eigenvalue weighted by atomic mass is 10.2. The van der Waals surface area contributed by atoms with E-state index in [1.165, 1.54) is 24.3 Å². The van der Waals surface area contributed by atoms with Crippen LogP contribution < -0.4 is 10.0 Å². The molecule has 2 atom stereocenters. The van der Waals surface area contributed by atoms with Crippen molar-refractivity contribution in [1.82, 2.24) is 9.03 Å². The largest absolute Gasteiger partial charge is 0.377 e. The summed E-state index contributed by atoms with van der Waals surface area (Å²) in [5.74, 6) is -0.482. The lowest BCUT2D eigenvalue weighted by Crippen LogP contribution is -2.42. The fraction of sp³-hybridized carbons (Fsp3) is 0.435. The van der Waals surface area contributed by atoms with Gasteiger partial charge in [-0.05, 0) is 62.6 Å². The van der Waals surface area contributed by atoms with E-state index >= 15 is 0 Å². The number of rotatable bonds is 11. The number of hydrogen-bond donors (Lipinski definition) is 2. The summed E-state index contributed by atoms with van der Waals surface area (Å²) in [6.07, 6.45) is 1.84. The molecule has 2 aromatic rings. The quantitative estimate of drug-likeness (QED) is 0.480. The van der Waals surface area contributed by atoms with Gasteiger partial charge >= 0.3 is 0 Å². The normalized spacial score (nSPS) is 17.6. The molecule has 0 bridgehead atoms. The van der Waals surface area contributed by atoms with Gasteiger partial charge in [-0.3, -0.25) is 4.79 Å². The summed E-state index contributed by atoms with van der Waals surface area (Å²) in [7, 11) is -7.86. The van der Waals surface area contributed by atoms with Crippen LogP contribution >= 0.6 is 0 Å². The van der Waals surface area contributed by atoms with Gasteiger partial charge in [0.25, 0.3) is 0 Å². The van der Waals surface area contributed by atoms with Crippen LogP contribution in [0.2, 0.25) is 0 Å². The number of amides is 1. The molecule has 0 radical (unpaired) electrons. The molecule has 9 nitrogen and oxygen atoms in total. The molecule has 3 rings (SSSR count). The topological polar surface area (TPSA) is 122 Å². The predicted molar refractivity (Wildman–Crippen MR) is 129 cm³/mol. The number of hydrogen-bond acceptors (Lipinski definition) is 6. The maximum Gasteiger partial charge on any atom is 0.243 e. The number of carbonyl (C=O) groups is 1. The zero-order valence-corrected chi connectivity index (χ0v) is 20.9. The molecular weight excluding hydrogens is 478 g/mol. The van der Waals surface area contributed by atoms with Gasteiger partial charge in [-0.1, -0.05) is 25.1 Å². The molecular formula is C23H31N3O6S2. The number of anilines is 1. The Morgan fingerprint density at radius 1 is 1.06 bits per heavy atom. The van der Waals surface area contributed by atoms with Crippen LogP contribution in [-0.4, -0.2) is 58.9 Å². The highest BCUT2D eigenvalue weighted by atomic mass is 32.2. The first-order valence-electron chi connectivity index (χ1n) is 11.2. The molecule has 0 spiro atoms. The monoisotopic (exact) mass is 509 g/mol. The standard InChI is InChI=1S/C23H31N3O6S2/c1-3-18(2)25-33(28,29)21-11-13-22(14-12-21)34(30,31)26(16-20-10-7-15-32-20)17-23(27)24-19-8-5-4-6-9-19/h4-6,8-9,11-14,18,20,25H,3,7,10,15-17H2,1-2H3,(H,24,27)/t18-,20+/m0/s1. The lowest BCUT2D eigenvalue weighted by molar-refractivity contribution is -0.116. The Morgan fingerprint density at radius 2 is 1.71 bits per heavy atom. The molecule has 2 aromatic carbocycles. The van der Waals surface area contributed by atoms with Crippen molar-refractivity contribution in [2.45, 2.75) is 55.0 Å². The van der Waals surface area contributed by atoms with Crippen LogP contribution in [0.4, 0.5) is 5.69 Å². The second kappa shape index (κ2) is 11.4. The van der Waals surface area contributed by atoms with Gasteiger partial charge in [0, 0.05) is 24.9 Å². The van der Waals surface area contributed by atoms with Crippen molar-refractivity contribution in [3.05, 3.63) is 54.6 Å². The van der Waals surface area contributed by atoms with Gasteiger partial charge in [0.15, 0.2) is 0 Å². The third-order valence-corrected chi connectivity index (χ3v) is 8.98. The lowest BCUT2D eigenvalue weighted by Gasteiger charge is -2.24. The van der Waals surface area contributed by atoms with Crippen molar-refractivity contribution in [2.24, 2.45) is 0 Å². The van der Waals surface area contributed by atoms with E-state index in [1.54, 1.807) is 31.2 Å². The van der Waals surface area contributed by atoms with Gasteiger partial charge in [0.2, 0.25) is 26.0 Å². The first kappa shape index (κ1) is 26.3. The Kier molecular flexibility index (Phi) is 8.83. The third kappa shape index (κ3) is 6.86. The second-order valence-electron chi connectivity index (χ2n) is 8.25. The van der Waals surface area contributed by atoms with E-state index < -0.39 is 32.5 Å². The highest BCUT2D eigenvalue weighted by Gasteiger charge is 2.31. The van der Waals surface area contributed by atoms with Crippen molar-refractivity contribution < 1.29 is 26.4 Å². The first-order chi connectivity index (χ1) is 16.1. The van der Waals surface area contributed by atoms with E-state index in [1.807, 2.05) is 13.0 Å². The number of benzene rings is 2. The Labute approximate surface area is 201 Å². The summed E-state index contributed by atoms with van der Waals surface area (Å²) in [6, 6.07) is 13.5. The van der Waals surface area contributed by atoms with E-state index in [0.29, 0.717) is 25.1 Å². The molecule has 0 aliphatic carbocycles. The van der Waals surface area contributed by atoms with E-state index in [0.717, 1.165) is 10.7 Å². The predicted octanol–water partition coefficient (Wildman–Crippen LogP) is 2.57. The smallest absolute Gasteiger partial charge is 0.243 e. The molecule has 1 heterocycles. The molecule has 0 unspecified atom stereocenters. The number of sulfonamides is 2.